The number of unbranched alkanes of at least 4 members (excludes halogenated alkanes) is 1. The Kier molecular flexibility index (Phi) is 9.44. The second-order valence-electron chi connectivity index (χ2n) is 6.60. The summed E-state index contributed by atoms with van der Waals surface area (Å²) in [6, 6.07) is 5.14. The van der Waals surface area contributed by atoms with Crippen LogP contribution in [0, 0.1) is 12.5 Å². The fourth-order valence-electron chi connectivity index (χ4n) is 3.13. The van der Waals surface area contributed by atoms with E-state index in [2.05, 4.69) is 43.7 Å². The molecule has 1 unspecified atom stereocenters. The topological polar surface area (TPSA) is 163 Å². The van der Waals surface area contributed by atoms with Crippen LogP contribution in [-0.2, 0) is 15.9 Å². The third kappa shape index (κ3) is 7.05. The zero-order valence-electron chi connectivity index (χ0n) is 17.0. The van der Waals surface area contributed by atoms with Gasteiger partial charge >= 0.3 is 13.1 Å². The van der Waals surface area contributed by atoms with E-state index >= 15 is 0 Å². The maximum absolute atomic E-state index is 11.0. The highest BCUT2D eigenvalue weighted by Crippen LogP contribution is 2.32. The maximum atomic E-state index is 11.0. The van der Waals surface area contributed by atoms with Gasteiger partial charge in [0.2, 0.25) is 5.88 Å². The largest absolute Gasteiger partial charge is 0.492 e. The van der Waals surface area contributed by atoms with Gasteiger partial charge in [-0.25, -0.2) is 4.98 Å². The number of hydrogen-bond donors (Lipinski definition) is 3. The van der Waals surface area contributed by atoms with Crippen molar-refractivity contribution < 1.29 is 24.3 Å². The molecule has 0 saturated heterocycles. The Hall–Kier alpha value is -2.96. The molecule has 3 N–H and O–H groups in total. The number of halogens is 1. The van der Waals surface area contributed by atoms with Gasteiger partial charge in [0.15, 0.2) is 0 Å². The summed E-state index contributed by atoms with van der Waals surface area (Å²) in [4.78, 5) is 19.6. The van der Waals surface area contributed by atoms with Crippen LogP contribution in [0.1, 0.15) is 49.2 Å². The Labute approximate surface area is 184 Å². The van der Waals surface area contributed by atoms with Crippen LogP contribution in [-0.4, -0.2) is 33.2 Å². The number of fused-ring (bicyclic) bond motifs is 1. The van der Waals surface area contributed by atoms with E-state index in [-0.39, 0.29) is 6.42 Å². The monoisotopic (exact) mass is 448 g/mol. The van der Waals surface area contributed by atoms with Crippen molar-refractivity contribution in [2.75, 3.05) is 0 Å². The molecule has 0 saturated carbocycles. The smallest absolute Gasteiger partial charge is 0.481 e. The Morgan fingerprint density at radius 1 is 1.45 bits per heavy atom. The van der Waals surface area contributed by atoms with Gasteiger partial charge in [0.05, 0.1) is 24.3 Å². The molecule has 0 bridgehead atoms. The van der Waals surface area contributed by atoms with Gasteiger partial charge < -0.3 is 19.5 Å². The van der Waals surface area contributed by atoms with E-state index in [0.717, 1.165) is 30.7 Å². The number of aryl methyl sites for hydroxylation is 2. The normalized spacial score (nSPS) is 14.7. The zero-order chi connectivity index (χ0) is 22.8. The van der Waals surface area contributed by atoms with Gasteiger partial charge in [-0.3, -0.25) is 4.79 Å². The highest BCUT2D eigenvalue weighted by atomic mass is 35.5. The quantitative estimate of drug-likeness (QED) is 0.315. The van der Waals surface area contributed by atoms with E-state index < -0.39 is 19.2 Å². The van der Waals surface area contributed by atoms with Crippen LogP contribution >= 0.6 is 11.8 Å². The summed E-state index contributed by atoms with van der Waals surface area (Å²) in [6.07, 6.45) is 3.67. The first kappa shape index (κ1) is 24.3. The molecule has 11 nitrogen and oxygen atoms in total. The number of carboxylic acid groups (broad SMARTS) is 1. The van der Waals surface area contributed by atoms with Gasteiger partial charge in [-0.05, 0) is 52.5 Å². The SMILES string of the molecule is CCCCc1nccc(Oc2cc(C)c3c(c2)B(O)OC3CC(=O)O)n1.N=NN=NCl. The lowest BCUT2D eigenvalue weighted by molar-refractivity contribution is -0.138. The van der Waals surface area contributed by atoms with Crippen LogP contribution in [0.15, 0.2) is 39.5 Å². The molecule has 1 aliphatic heterocycles. The highest BCUT2D eigenvalue weighted by molar-refractivity contribution is 6.62. The molecule has 3 rings (SSSR count). The number of benzene rings is 1. The standard InChI is InChI=1S/C18H21BN2O5.ClHN4/c1-3-4-5-15-20-7-6-16(21-15)25-12-8-11(2)18-13(9-12)19(24)26-14(18)10-17(22)23;1-3-5-4-2/h6-9,14,24H,3-5,10H2,1-2H3,(H,22,23);2H. The van der Waals surface area contributed by atoms with Crippen molar-refractivity contribution in [3.63, 3.8) is 0 Å². The van der Waals surface area contributed by atoms with Gasteiger partial charge in [0.25, 0.3) is 0 Å². The second kappa shape index (κ2) is 12.0. The summed E-state index contributed by atoms with van der Waals surface area (Å²) in [5.41, 5.74) is 7.93. The number of ether oxygens (including phenoxy) is 1. The fraction of sp³-hybridized carbons (Fsp3) is 0.389. The molecule has 0 fully saturated rings. The molecule has 1 aromatic heterocycles. The van der Waals surface area contributed by atoms with E-state index in [0.29, 0.717) is 22.7 Å². The minimum atomic E-state index is -1.16. The van der Waals surface area contributed by atoms with E-state index in [1.807, 2.05) is 6.92 Å². The van der Waals surface area contributed by atoms with Gasteiger partial charge in [0, 0.05) is 18.7 Å². The minimum absolute atomic E-state index is 0.197. The van der Waals surface area contributed by atoms with Gasteiger partial charge in [-0.2, -0.15) is 10.5 Å². The van der Waals surface area contributed by atoms with E-state index in [9.17, 15) is 9.82 Å². The average Bonchev–Trinajstić information content (AvgIpc) is 3.03. The molecule has 0 radical (unpaired) electrons. The number of hydrogen-bond acceptors (Lipinski definition) is 8. The molecule has 13 heteroatoms. The predicted octanol–water partition coefficient (Wildman–Crippen LogP) is 3.69. The zero-order valence-corrected chi connectivity index (χ0v) is 17.8. The molecule has 1 aromatic carbocycles. The third-order valence-corrected chi connectivity index (χ3v) is 4.44. The number of aromatic nitrogens is 2. The van der Waals surface area contributed by atoms with E-state index in [1.54, 1.807) is 24.4 Å². The molecule has 0 amide bonds. The van der Waals surface area contributed by atoms with Gasteiger partial charge in [-0.15, -0.1) is 0 Å². The molecule has 2 aromatic rings. The Morgan fingerprint density at radius 3 is 2.84 bits per heavy atom. The first-order valence-corrected chi connectivity index (χ1v) is 9.80. The molecule has 1 aliphatic rings. The lowest BCUT2D eigenvalue weighted by atomic mass is 9.77. The Balaban J connectivity index is 0.000000614. The summed E-state index contributed by atoms with van der Waals surface area (Å²) in [6.45, 7) is 3.95. The molecule has 164 valence electrons. The Morgan fingerprint density at radius 2 is 2.23 bits per heavy atom. The summed E-state index contributed by atoms with van der Waals surface area (Å²) in [7, 11) is -1.16. The third-order valence-electron chi connectivity index (χ3n) is 4.37. The fourth-order valence-corrected chi connectivity index (χ4v) is 3.16. The average molecular weight is 449 g/mol. The molecule has 2 heterocycles. The van der Waals surface area contributed by atoms with Crippen LogP contribution in [0.5, 0.6) is 11.6 Å². The molecule has 1 atom stereocenters. The lowest BCUT2D eigenvalue weighted by Crippen LogP contribution is -2.28. The number of nitrogens with zero attached hydrogens (tertiary/aromatic N) is 5. The van der Waals surface area contributed by atoms with Crippen LogP contribution < -0.4 is 10.2 Å². The van der Waals surface area contributed by atoms with Crippen LogP contribution in [0.2, 0.25) is 0 Å². The number of carbonyl (C=O) groups is 1. The molecule has 31 heavy (non-hydrogen) atoms. The minimum Gasteiger partial charge on any atom is -0.481 e. The predicted molar refractivity (Wildman–Crippen MR) is 111 cm³/mol. The maximum Gasteiger partial charge on any atom is 0.492 e. The number of carboxylic acids is 1. The summed E-state index contributed by atoms with van der Waals surface area (Å²) in [5, 5.41) is 24.2. The molecular weight excluding hydrogens is 427 g/mol. The van der Waals surface area contributed by atoms with E-state index in [4.69, 9.17) is 20.0 Å². The van der Waals surface area contributed by atoms with Gasteiger partial charge in [-0.1, -0.05) is 18.0 Å². The number of aliphatic carboxylic acids is 1. The summed E-state index contributed by atoms with van der Waals surface area (Å²) in [5.74, 6) is 0.698. The van der Waals surface area contributed by atoms with Crippen molar-refractivity contribution >= 4 is 30.3 Å². The van der Waals surface area contributed by atoms with Crippen molar-refractivity contribution in [2.24, 2.45) is 15.1 Å². The van der Waals surface area contributed by atoms with Crippen LogP contribution in [0.25, 0.3) is 0 Å². The summed E-state index contributed by atoms with van der Waals surface area (Å²) < 4.78 is 13.8. The molecule has 0 aliphatic carbocycles. The summed E-state index contributed by atoms with van der Waals surface area (Å²) >= 11 is 4.55. The van der Waals surface area contributed by atoms with Crippen molar-refractivity contribution in [1.29, 1.82) is 5.53 Å². The Bertz CT molecular complexity index is 948. The number of rotatable bonds is 8. The molecular formula is C18H22BClN6O5. The lowest BCUT2D eigenvalue weighted by Gasteiger charge is -2.13. The van der Waals surface area contributed by atoms with Crippen molar-refractivity contribution in [3.8, 4) is 11.6 Å². The number of nitrogens with one attached hydrogen (secondary N) is 1. The van der Waals surface area contributed by atoms with Gasteiger partial charge in [0.1, 0.15) is 11.6 Å². The second-order valence-corrected chi connectivity index (χ2v) is 6.75. The van der Waals surface area contributed by atoms with Crippen LogP contribution in [0.4, 0.5) is 0 Å². The van der Waals surface area contributed by atoms with Crippen molar-refractivity contribution in [3.05, 3.63) is 41.3 Å². The highest BCUT2D eigenvalue weighted by Gasteiger charge is 2.37. The first-order valence-electron chi connectivity index (χ1n) is 9.46. The van der Waals surface area contributed by atoms with Crippen LogP contribution in [0.3, 0.4) is 0 Å². The van der Waals surface area contributed by atoms with Crippen molar-refractivity contribution in [1.82, 2.24) is 9.97 Å². The van der Waals surface area contributed by atoms with E-state index in [1.165, 1.54) is 0 Å². The molecule has 0 spiro atoms. The first-order chi connectivity index (χ1) is 14.9. The van der Waals surface area contributed by atoms with Crippen molar-refractivity contribution in [2.45, 2.75) is 45.6 Å².